The number of aromatic nitrogens is 2. The Morgan fingerprint density at radius 2 is 2.09 bits per heavy atom. The monoisotopic (exact) mass is 431 g/mol. The van der Waals surface area contributed by atoms with Gasteiger partial charge >= 0.3 is 0 Å². The lowest BCUT2D eigenvalue weighted by atomic mass is 9.74. The quantitative estimate of drug-likeness (QED) is 0.481. The van der Waals surface area contributed by atoms with Crippen LogP contribution < -0.4 is 10.7 Å². The van der Waals surface area contributed by atoms with Crippen LogP contribution in [-0.4, -0.2) is 9.78 Å². The summed E-state index contributed by atoms with van der Waals surface area (Å²) in [6.45, 7) is 6.81. The van der Waals surface area contributed by atoms with Gasteiger partial charge in [0.2, 0.25) is 0 Å². The Morgan fingerprint density at radius 3 is 2.91 bits per heavy atom. The van der Waals surface area contributed by atoms with Crippen molar-refractivity contribution < 1.29 is 8.81 Å². The molecule has 0 saturated heterocycles. The molecule has 0 bridgehead atoms. The van der Waals surface area contributed by atoms with E-state index < -0.39 is 0 Å². The lowest BCUT2D eigenvalue weighted by molar-refractivity contribution is 0.252. The standard InChI is InChI=1S/C26H26FN3O2/c1-16-7-8-24-20(9-16)25(31)17(15-32-24)13-28-22-11-26(2,3)12-23-21(22)14-29-30(23)19-6-4-5-18(27)10-19/h4-10,14-15,22,28H,11-13H2,1-3H3. The third-order valence-electron chi connectivity index (χ3n) is 6.27. The third-order valence-corrected chi connectivity index (χ3v) is 6.27. The summed E-state index contributed by atoms with van der Waals surface area (Å²) in [7, 11) is 0. The summed E-state index contributed by atoms with van der Waals surface area (Å²) in [5.74, 6) is -0.283. The van der Waals surface area contributed by atoms with E-state index in [-0.39, 0.29) is 22.7 Å². The maximum Gasteiger partial charge on any atom is 0.197 e. The molecule has 164 valence electrons. The van der Waals surface area contributed by atoms with Gasteiger partial charge < -0.3 is 9.73 Å². The maximum absolute atomic E-state index is 13.8. The fraction of sp³-hybridized carbons (Fsp3) is 0.308. The van der Waals surface area contributed by atoms with Crippen LogP contribution in [0.15, 0.2) is 64.1 Å². The van der Waals surface area contributed by atoms with Gasteiger partial charge in [0.15, 0.2) is 5.43 Å². The fourth-order valence-corrected chi connectivity index (χ4v) is 4.70. The van der Waals surface area contributed by atoms with Crippen molar-refractivity contribution in [2.75, 3.05) is 0 Å². The predicted octanol–water partition coefficient (Wildman–Crippen LogP) is 5.23. The number of halogens is 1. The van der Waals surface area contributed by atoms with Crippen LogP contribution in [0.25, 0.3) is 16.7 Å². The van der Waals surface area contributed by atoms with Crippen LogP contribution in [0.4, 0.5) is 4.39 Å². The summed E-state index contributed by atoms with van der Waals surface area (Å²) in [4.78, 5) is 13.0. The summed E-state index contributed by atoms with van der Waals surface area (Å²) in [6, 6.07) is 12.2. The zero-order valence-corrected chi connectivity index (χ0v) is 18.5. The number of benzene rings is 2. The summed E-state index contributed by atoms with van der Waals surface area (Å²) in [6.07, 6.45) is 5.17. The van der Waals surface area contributed by atoms with Crippen LogP contribution >= 0.6 is 0 Å². The van der Waals surface area contributed by atoms with Crippen molar-refractivity contribution in [3.63, 3.8) is 0 Å². The Bertz CT molecular complexity index is 1370. The molecule has 5 rings (SSSR count). The van der Waals surface area contributed by atoms with Gasteiger partial charge in [-0.3, -0.25) is 4.79 Å². The Labute approximate surface area is 185 Å². The van der Waals surface area contributed by atoms with Crippen LogP contribution in [0.5, 0.6) is 0 Å². The van der Waals surface area contributed by atoms with Gasteiger partial charge in [0, 0.05) is 29.4 Å². The molecule has 0 aliphatic heterocycles. The summed E-state index contributed by atoms with van der Waals surface area (Å²) < 4.78 is 21.4. The summed E-state index contributed by atoms with van der Waals surface area (Å²) in [5, 5.41) is 8.74. The first-order chi connectivity index (χ1) is 15.3. The molecule has 32 heavy (non-hydrogen) atoms. The topological polar surface area (TPSA) is 60.1 Å². The number of rotatable bonds is 4. The average Bonchev–Trinajstić information content (AvgIpc) is 3.16. The van der Waals surface area contributed by atoms with Gasteiger partial charge in [-0.05, 0) is 55.5 Å². The maximum atomic E-state index is 13.8. The van der Waals surface area contributed by atoms with Crippen LogP contribution in [0.3, 0.4) is 0 Å². The Hall–Kier alpha value is -3.25. The van der Waals surface area contributed by atoms with Gasteiger partial charge in [-0.2, -0.15) is 5.10 Å². The molecule has 2 heterocycles. The summed E-state index contributed by atoms with van der Waals surface area (Å²) >= 11 is 0. The van der Waals surface area contributed by atoms with Gasteiger partial charge in [-0.15, -0.1) is 0 Å². The van der Waals surface area contributed by atoms with E-state index in [0.29, 0.717) is 28.8 Å². The molecule has 2 aromatic carbocycles. The molecule has 1 atom stereocenters. The van der Waals surface area contributed by atoms with E-state index in [2.05, 4.69) is 24.3 Å². The van der Waals surface area contributed by atoms with E-state index in [0.717, 1.165) is 29.7 Å². The smallest absolute Gasteiger partial charge is 0.197 e. The van der Waals surface area contributed by atoms with Gasteiger partial charge in [0.25, 0.3) is 0 Å². The normalized spacial score (nSPS) is 17.4. The number of aryl methyl sites for hydroxylation is 1. The minimum Gasteiger partial charge on any atom is -0.464 e. The molecule has 0 saturated carbocycles. The van der Waals surface area contributed by atoms with Crippen molar-refractivity contribution in [2.45, 2.75) is 46.2 Å². The molecule has 5 nitrogen and oxygen atoms in total. The zero-order chi connectivity index (χ0) is 22.5. The lowest BCUT2D eigenvalue weighted by Gasteiger charge is -2.36. The SMILES string of the molecule is Cc1ccc2occ(CNC3CC(C)(C)Cc4c3cnn4-c3cccc(F)c3)c(=O)c2c1. The number of fused-ring (bicyclic) bond motifs is 2. The molecule has 1 aliphatic rings. The van der Waals surface area contributed by atoms with E-state index in [1.165, 1.54) is 12.1 Å². The van der Waals surface area contributed by atoms with E-state index in [1.807, 2.05) is 42.1 Å². The van der Waals surface area contributed by atoms with E-state index >= 15 is 0 Å². The molecular weight excluding hydrogens is 405 g/mol. The van der Waals surface area contributed by atoms with Gasteiger partial charge in [0.1, 0.15) is 11.4 Å². The average molecular weight is 432 g/mol. The molecule has 1 unspecified atom stereocenters. The molecule has 0 fully saturated rings. The highest BCUT2D eigenvalue weighted by Crippen LogP contribution is 2.41. The number of nitrogens with zero attached hydrogens (tertiary/aromatic N) is 2. The van der Waals surface area contributed by atoms with Gasteiger partial charge in [-0.25, -0.2) is 9.07 Å². The van der Waals surface area contributed by atoms with Gasteiger partial charge in [0.05, 0.1) is 23.5 Å². The minimum absolute atomic E-state index is 0.00630. The molecule has 1 N–H and O–H groups in total. The van der Waals surface area contributed by atoms with E-state index in [9.17, 15) is 9.18 Å². The number of hydrogen-bond acceptors (Lipinski definition) is 4. The van der Waals surface area contributed by atoms with Crippen molar-refractivity contribution >= 4 is 11.0 Å². The molecule has 4 aromatic rings. The zero-order valence-electron chi connectivity index (χ0n) is 18.5. The van der Waals surface area contributed by atoms with Crippen molar-refractivity contribution in [1.82, 2.24) is 15.1 Å². The Morgan fingerprint density at radius 1 is 1.25 bits per heavy atom. The van der Waals surface area contributed by atoms with Crippen LogP contribution in [0.1, 0.15) is 48.7 Å². The highest BCUT2D eigenvalue weighted by atomic mass is 19.1. The van der Waals surface area contributed by atoms with E-state index in [4.69, 9.17) is 4.42 Å². The van der Waals surface area contributed by atoms with Crippen LogP contribution in [0.2, 0.25) is 0 Å². The first-order valence-electron chi connectivity index (χ1n) is 10.9. The first-order valence-corrected chi connectivity index (χ1v) is 10.9. The van der Waals surface area contributed by atoms with Crippen molar-refractivity contribution in [3.8, 4) is 5.69 Å². The minimum atomic E-state index is -0.283. The first kappa shape index (κ1) is 20.6. The molecule has 1 aliphatic carbocycles. The fourth-order valence-electron chi connectivity index (χ4n) is 4.70. The Balaban J connectivity index is 1.46. The third kappa shape index (κ3) is 3.75. The van der Waals surface area contributed by atoms with Gasteiger partial charge in [-0.1, -0.05) is 31.5 Å². The second kappa shape index (κ2) is 7.71. The highest BCUT2D eigenvalue weighted by Gasteiger charge is 2.35. The lowest BCUT2D eigenvalue weighted by Crippen LogP contribution is -2.34. The molecule has 6 heteroatoms. The molecule has 0 spiro atoms. The highest BCUT2D eigenvalue weighted by molar-refractivity contribution is 5.77. The molecular formula is C26H26FN3O2. The molecule has 2 aromatic heterocycles. The number of hydrogen-bond donors (Lipinski definition) is 1. The van der Waals surface area contributed by atoms with E-state index in [1.54, 1.807) is 12.3 Å². The van der Waals surface area contributed by atoms with Crippen molar-refractivity contribution in [1.29, 1.82) is 0 Å². The van der Waals surface area contributed by atoms with Crippen molar-refractivity contribution in [2.24, 2.45) is 5.41 Å². The Kier molecular flexibility index (Phi) is 4.97. The van der Waals surface area contributed by atoms with Crippen molar-refractivity contribution in [3.05, 3.63) is 93.3 Å². The molecule has 0 radical (unpaired) electrons. The predicted molar refractivity (Wildman–Crippen MR) is 122 cm³/mol. The largest absolute Gasteiger partial charge is 0.464 e. The second-order valence-electron chi connectivity index (χ2n) is 9.51. The van der Waals surface area contributed by atoms with Crippen LogP contribution in [0, 0.1) is 18.2 Å². The van der Waals surface area contributed by atoms with Crippen LogP contribution in [-0.2, 0) is 13.0 Å². The second-order valence-corrected chi connectivity index (χ2v) is 9.51. The number of nitrogens with one attached hydrogen (secondary N) is 1. The summed E-state index contributed by atoms with van der Waals surface area (Å²) in [5.41, 5.74) is 5.13. The molecule has 0 amide bonds.